The molecule has 0 spiro atoms. The lowest BCUT2D eigenvalue weighted by molar-refractivity contribution is -0.134. The first-order chi connectivity index (χ1) is 13.1. The molecule has 1 aliphatic carbocycles. The highest BCUT2D eigenvalue weighted by Gasteiger charge is 2.37. The number of carbonyl (C=O) groups excluding carboxylic acids is 1. The molecule has 2 aromatic carbocycles. The molecular formula is C21H20FN3O2. The first kappa shape index (κ1) is 17.4. The molecule has 6 heteroatoms. The van der Waals surface area contributed by atoms with Gasteiger partial charge >= 0.3 is 0 Å². The molecule has 27 heavy (non-hydrogen) atoms. The van der Waals surface area contributed by atoms with Gasteiger partial charge in [-0.1, -0.05) is 30.3 Å². The van der Waals surface area contributed by atoms with E-state index in [2.05, 4.69) is 5.10 Å². The maximum absolute atomic E-state index is 14.2. The number of rotatable bonds is 5. The molecule has 1 fully saturated rings. The third kappa shape index (κ3) is 3.35. The summed E-state index contributed by atoms with van der Waals surface area (Å²) in [6.45, 7) is 1.86. The van der Waals surface area contributed by atoms with Gasteiger partial charge in [0.25, 0.3) is 0 Å². The van der Waals surface area contributed by atoms with Crippen LogP contribution in [0.4, 0.5) is 4.39 Å². The average molecular weight is 365 g/mol. The van der Waals surface area contributed by atoms with E-state index in [1.807, 2.05) is 13.0 Å². The zero-order valence-corrected chi connectivity index (χ0v) is 15.0. The number of hydrogen-bond acceptors (Lipinski definition) is 3. The number of aromatic nitrogens is 2. The monoisotopic (exact) mass is 365 g/mol. The molecule has 1 aromatic heterocycles. The molecule has 1 saturated carbocycles. The van der Waals surface area contributed by atoms with E-state index in [4.69, 9.17) is 0 Å². The molecule has 0 N–H and O–H groups in total. The van der Waals surface area contributed by atoms with Crippen LogP contribution in [-0.2, 0) is 11.3 Å². The van der Waals surface area contributed by atoms with Crippen LogP contribution < -0.4 is 5.43 Å². The van der Waals surface area contributed by atoms with Crippen LogP contribution in [0.5, 0.6) is 0 Å². The molecule has 4 rings (SSSR count). The van der Waals surface area contributed by atoms with Gasteiger partial charge in [0, 0.05) is 17.0 Å². The summed E-state index contributed by atoms with van der Waals surface area (Å²) in [6, 6.07) is 13.4. The Kier molecular flexibility index (Phi) is 4.48. The highest BCUT2D eigenvalue weighted by Crippen LogP contribution is 2.35. The van der Waals surface area contributed by atoms with E-state index >= 15 is 0 Å². The molecular weight excluding hydrogens is 345 g/mol. The van der Waals surface area contributed by atoms with E-state index in [1.54, 1.807) is 46.0 Å². The predicted octanol–water partition coefficient (Wildman–Crippen LogP) is 3.29. The minimum atomic E-state index is -0.364. The number of para-hydroxylation sites is 1. The molecule has 1 unspecified atom stereocenters. The lowest BCUT2D eigenvalue weighted by atomic mass is 10.1. The standard InChI is InChI=1S/C21H20FN3O2/c1-14(16-6-2-4-8-18(16)22)25(15-10-11-15)21(27)13-24-19-9-5-3-7-17(19)20(26)12-23-24/h2-9,12,14-15H,10-11,13H2,1H3. The predicted molar refractivity (Wildman–Crippen MR) is 101 cm³/mol. The van der Waals surface area contributed by atoms with E-state index in [-0.39, 0.29) is 35.8 Å². The van der Waals surface area contributed by atoms with Gasteiger partial charge in [0.15, 0.2) is 0 Å². The lowest BCUT2D eigenvalue weighted by Crippen LogP contribution is -2.38. The number of halogens is 1. The van der Waals surface area contributed by atoms with E-state index in [0.29, 0.717) is 16.5 Å². The third-order valence-corrected chi connectivity index (χ3v) is 5.05. The van der Waals surface area contributed by atoms with Crippen molar-refractivity contribution in [1.82, 2.24) is 14.7 Å². The smallest absolute Gasteiger partial charge is 0.245 e. The van der Waals surface area contributed by atoms with Gasteiger partial charge in [0.05, 0.1) is 17.8 Å². The van der Waals surface area contributed by atoms with Gasteiger partial charge in [0.2, 0.25) is 11.3 Å². The summed E-state index contributed by atoms with van der Waals surface area (Å²) >= 11 is 0. The fourth-order valence-corrected chi connectivity index (χ4v) is 3.55. The van der Waals surface area contributed by atoms with Crippen molar-refractivity contribution in [2.45, 2.75) is 38.4 Å². The summed E-state index contributed by atoms with van der Waals surface area (Å²) in [5.74, 6) is -0.440. The van der Waals surface area contributed by atoms with Crippen LogP contribution in [0.25, 0.3) is 10.9 Å². The van der Waals surface area contributed by atoms with Gasteiger partial charge in [0.1, 0.15) is 12.4 Å². The quantitative estimate of drug-likeness (QED) is 0.697. The molecule has 1 amide bonds. The number of nitrogens with zero attached hydrogens (tertiary/aromatic N) is 3. The van der Waals surface area contributed by atoms with Gasteiger partial charge in [-0.3, -0.25) is 14.3 Å². The van der Waals surface area contributed by atoms with Crippen LogP contribution in [0.15, 0.2) is 59.5 Å². The van der Waals surface area contributed by atoms with Crippen molar-refractivity contribution in [3.8, 4) is 0 Å². The lowest BCUT2D eigenvalue weighted by Gasteiger charge is -2.30. The van der Waals surface area contributed by atoms with Gasteiger partial charge in [-0.25, -0.2) is 4.39 Å². The van der Waals surface area contributed by atoms with Crippen LogP contribution >= 0.6 is 0 Å². The fraction of sp³-hybridized carbons (Fsp3) is 0.286. The molecule has 1 atom stereocenters. The van der Waals surface area contributed by atoms with Crippen molar-refractivity contribution in [2.75, 3.05) is 0 Å². The molecule has 5 nitrogen and oxygen atoms in total. The third-order valence-electron chi connectivity index (χ3n) is 5.05. The molecule has 3 aromatic rings. The Bertz CT molecular complexity index is 1060. The molecule has 1 heterocycles. The minimum absolute atomic E-state index is 0.0100. The zero-order chi connectivity index (χ0) is 19.0. The van der Waals surface area contributed by atoms with Gasteiger partial charge < -0.3 is 4.90 Å². The van der Waals surface area contributed by atoms with Crippen molar-refractivity contribution >= 4 is 16.8 Å². The van der Waals surface area contributed by atoms with Crippen LogP contribution in [0.2, 0.25) is 0 Å². The maximum Gasteiger partial charge on any atom is 0.245 e. The average Bonchev–Trinajstić information content (AvgIpc) is 3.50. The molecule has 0 saturated heterocycles. The van der Waals surface area contributed by atoms with E-state index in [0.717, 1.165) is 12.8 Å². The summed E-state index contributed by atoms with van der Waals surface area (Å²) in [7, 11) is 0. The highest BCUT2D eigenvalue weighted by molar-refractivity contribution is 5.82. The second-order valence-electron chi connectivity index (χ2n) is 6.91. The Morgan fingerprint density at radius 1 is 1.22 bits per heavy atom. The van der Waals surface area contributed by atoms with Crippen molar-refractivity contribution in [3.05, 3.63) is 76.3 Å². The maximum atomic E-state index is 14.2. The first-order valence-corrected chi connectivity index (χ1v) is 9.06. The van der Waals surface area contributed by atoms with E-state index < -0.39 is 0 Å². The fourth-order valence-electron chi connectivity index (χ4n) is 3.55. The molecule has 0 aliphatic heterocycles. The number of benzene rings is 2. The first-order valence-electron chi connectivity index (χ1n) is 9.06. The Morgan fingerprint density at radius 3 is 2.67 bits per heavy atom. The number of hydrogen-bond donors (Lipinski definition) is 0. The number of amides is 1. The topological polar surface area (TPSA) is 55.2 Å². The summed E-state index contributed by atoms with van der Waals surface area (Å²) in [5.41, 5.74) is 0.955. The van der Waals surface area contributed by atoms with E-state index in [9.17, 15) is 14.0 Å². The minimum Gasteiger partial charge on any atom is -0.331 e. The summed E-state index contributed by atoms with van der Waals surface area (Å²) in [4.78, 5) is 26.9. The Labute approximate surface area is 156 Å². The molecule has 138 valence electrons. The van der Waals surface area contributed by atoms with Gasteiger partial charge in [-0.05, 0) is 38.0 Å². The van der Waals surface area contributed by atoms with Gasteiger partial charge in [-0.2, -0.15) is 5.10 Å². The van der Waals surface area contributed by atoms with Crippen molar-refractivity contribution in [2.24, 2.45) is 0 Å². The van der Waals surface area contributed by atoms with Crippen molar-refractivity contribution in [3.63, 3.8) is 0 Å². The van der Waals surface area contributed by atoms with Crippen LogP contribution in [-0.4, -0.2) is 26.6 Å². The van der Waals surface area contributed by atoms with Crippen LogP contribution in [0.1, 0.15) is 31.4 Å². The Hall–Kier alpha value is -3.02. The number of fused-ring (bicyclic) bond motifs is 1. The van der Waals surface area contributed by atoms with Crippen molar-refractivity contribution < 1.29 is 9.18 Å². The van der Waals surface area contributed by atoms with E-state index in [1.165, 1.54) is 12.3 Å². The Balaban J connectivity index is 1.66. The van der Waals surface area contributed by atoms with Crippen molar-refractivity contribution in [1.29, 1.82) is 0 Å². The number of carbonyl (C=O) groups is 1. The molecule has 0 bridgehead atoms. The highest BCUT2D eigenvalue weighted by atomic mass is 19.1. The molecule has 0 radical (unpaired) electrons. The van der Waals surface area contributed by atoms with Gasteiger partial charge in [-0.15, -0.1) is 0 Å². The Morgan fingerprint density at radius 2 is 1.93 bits per heavy atom. The summed E-state index contributed by atoms with van der Waals surface area (Å²) in [6.07, 6.45) is 3.07. The summed E-state index contributed by atoms with van der Waals surface area (Å²) < 4.78 is 15.8. The summed E-state index contributed by atoms with van der Waals surface area (Å²) in [5, 5.41) is 4.67. The second kappa shape index (κ2) is 6.95. The molecule has 1 aliphatic rings. The second-order valence-corrected chi connectivity index (χ2v) is 6.91. The zero-order valence-electron chi connectivity index (χ0n) is 15.0. The largest absolute Gasteiger partial charge is 0.331 e. The SMILES string of the molecule is CC(c1ccccc1F)N(C(=O)Cn1ncc(=O)c2ccccc21)C1CC1. The normalized spacial score (nSPS) is 14.9. The van der Waals surface area contributed by atoms with Crippen LogP contribution in [0.3, 0.4) is 0 Å². The van der Waals surface area contributed by atoms with Crippen LogP contribution in [0, 0.1) is 5.82 Å².